The lowest BCUT2D eigenvalue weighted by molar-refractivity contribution is -0.140. The molecule has 0 aromatic carbocycles. The summed E-state index contributed by atoms with van der Waals surface area (Å²) in [4.78, 5) is 22.1. The predicted molar refractivity (Wildman–Crippen MR) is 56.1 cm³/mol. The van der Waals surface area contributed by atoms with E-state index in [1.54, 1.807) is 0 Å². The zero-order valence-electron chi connectivity index (χ0n) is 7.12. The van der Waals surface area contributed by atoms with Gasteiger partial charge in [-0.05, 0) is 27.4 Å². The number of aliphatic carboxylic acids is 1. The average Bonchev–Trinajstić information content (AvgIpc) is 2.46. The Balaban J connectivity index is 2.38. The molecule has 0 unspecified atom stereocenters. The van der Waals surface area contributed by atoms with Crippen LogP contribution in [0.5, 0.6) is 0 Å². The molecule has 2 N–H and O–H groups in total. The van der Waals surface area contributed by atoms with Gasteiger partial charge in [0, 0.05) is 9.35 Å². The Morgan fingerprint density at radius 3 is 2.79 bits per heavy atom. The fourth-order valence-corrected chi connectivity index (χ4v) is 2.26. The van der Waals surface area contributed by atoms with Gasteiger partial charge in [0.2, 0.25) is 5.91 Å². The molecule has 0 atom stereocenters. The molecule has 0 aliphatic rings. The molecule has 14 heavy (non-hydrogen) atoms. The number of nitrogens with one attached hydrogen (secondary N) is 1. The molecule has 1 aromatic heterocycles. The second-order valence-corrected chi connectivity index (χ2v) is 4.39. The number of carbonyl (C=O) groups is 2. The summed E-state index contributed by atoms with van der Waals surface area (Å²) in [6.45, 7) is 0.365. The first kappa shape index (κ1) is 11.2. The summed E-state index contributed by atoms with van der Waals surface area (Å²) in [6.07, 6.45) is -0.483. The van der Waals surface area contributed by atoms with Crippen molar-refractivity contribution >= 4 is 39.1 Å². The maximum atomic E-state index is 11.0. The second-order valence-electron chi connectivity index (χ2n) is 2.54. The van der Waals surface area contributed by atoms with E-state index in [2.05, 4.69) is 21.2 Å². The van der Waals surface area contributed by atoms with E-state index in [1.807, 2.05) is 11.4 Å². The van der Waals surface area contributed by atoms with Crippen LogP contribution in [0.25, 0.3) is 0 Å². The third-order valence-electron chi connectivity index (χ3n) is 1.45. The van der Waals surface area contributed by atoms with Gasteiger partial charge in [0.1, 0.15) is 6.42 Å². The lowest BCUT2D eigenvalue weighted by atomic mass is 10.4. The van der Waals surface area contributed by atoms with Gasteiger partial charge in [-0.1, -0.05) is 0 Å². The maximum absolute atomic E-state index is 11.0. The van der Waals surface area contributed by atoms with Crippen molar-refractivity contribution in [2.24, 2.45) is 0 Å². The normalized spacial score (nSPS) is 9.79. The fraction of sp³-hybridized carbons (Fsp3) is 0.250. The SMILES string of the molecule is O=C(O)CC(=O)NCc1sccc1Br. The van der Waals surface area contributed by atoms with E-state index in [0.717, 1.165) is 9.35 Å². The monoisotopic (exact) mass is 277 g/mol. The van der Waals surface area contributed by atoms with Crippen LogP contribution in [0, 0.1) is 0 Å². The van der Waals surface area contributed by atoms with Crippen molar-refractivity contribution in [3.8, 4) is 0 Å². The molecule has 1 amide bonds. The molecular formula is C8H8BrNO3S. The minimum atomic E-state index is -1.12. The molecule has 0 saturated carbocycles. The van der Waals surface area contributed by atoms with Crippen molar-refractivity contribution in [2.45, 2.75) is 13.0 Å². The van der Waals surface area contributed by atoms with E-state index < -0.39 is 18.3 Å². The van der Waals surface area contributed by atoms with Crippen LogP contribution in [0.4, 0.5) is 0 Å². The Kier molecular flexibility index (Phi) is 4.09. The Bertz CT molecular complexity index is 350. The minimum Gasteiger partial charge on any atom is -0.481 e. The van der Waals surface area contributed by atoms with E-state index in [0.29, 0.717) is 6.54 Å². The number of rotatable bonds is 4. The molecule has 0 fully saturated rings. The summed E-state index contributed by atoms with van der Waals surface area (Å²) >= 11 is 4.81. The van der Waals surface area contributed by atoms with Crippen LogP contribution in [-0.2, 0) is 16.1 Å². The molecular weight excluding hydrogens is 270 g/mol. The van der Waals surface area contributed by atoms with Gasteiger partial charge in [-0.2, -0.15) is 0 Å². The van der Waals surface area contributed by atoms with E-state index in [9.17, 15) is 9.59 Å². The molecule has 0 spiro atoms. The first-order valence-electron chi connectivity index (χ1n) is 3.80. The van der Waals surface area contributed by atoms with Crippen LogP contribution in [0.1, 0.15) is 11.3 Å². The second kappa shape index (κ2) is 5.11. The van der Waals surface area contributed by atoms with Crippen molar-refractivity contribution in [3.63, 3.8) is 0 Å². The van der Waals surface area contributed by atoms with Gasteiger partial charge >= 0.3 is 5.97 Å². The summed E-state index contributed by atoms with van der Waals surface area (Å²) in [5, 5.41) is 12.7. The van der Waals surface area contributed by atoms with Crippen LogP contribution >= 0.6 is 27.3 Å². The molecule has 0 aliphatic heterocycles. The number of hydrogen-bond acceptors (Lipinski definition) is 3. The first-order valence-corrected chi connectivity index (χ1v) is 5.47. The van der Waals surface area contributed by atoms with E-state index in [-0.39, 0.29) is 0 Å². The highest BCUT2D eigenvalue weighted by molar-refractivity contribution is 9.10. The van der Waals surface area contributed by atoms with Gasteiger partial charge in [0.15, 0.2) is 0 Å². The number of halogens is 1. The molecule has 1 rings (SSSR count). The highest BCUT2D eigenvalue weighted by Crippen LogP contribution is 2.21. The smallest absolute Gasteiger partial charge is 0.312 e. The average molecular weight is 278 g/mol. The highest BCUT2D eigenvalue weighted by atomic mass is 79.9. The molecule has 0 radical (unpaired) electrons. The van der Waals surface area contributed by atoms with Crippen LogP contribution in [0.15, 0.2) is 15.9 Å². The molecule has 1 heterocycles. The Hall–Kier alpha value is -0.880. The van der Waals surface area contributed by atoms with Gasteiger partial charge in [0.05, 0.1) is 6.54 Å². The molecule has 4 nitrogen and oxygen atoms in total. The van der Waals surface area contributed by atoms with Crippen molar-refractivity contribution in [1.82, 2.24) is 5.32 Å². The Morgan fingerprint density at radius 1 is 1.57 bits per heavy atom. The van der Waals surface area contributed by atoms with Crippen LogP contribution in [-0.4, -0.2) is 17.0 Å². The summed E-state index contributed by atoms with van der Waals surface area (Å²) in [6, 6.07) is 1.88. The zero-order valence-corrected chi connectivity index (χ0v) is 9.52. The highest BCUT2D eigenvalue weighted by Gasteiger charge is 2.08. The van der Waals surface area contributed by atoms with Crippen LogP contribution in [0.2, 0.25) is 0 Å². The van der Waals surface area contributed by atoms with Gasteiger partial charge in [-0.3, -0.25) is 9.59 Å². The number of amides is 1. The summed E-state index contributed by atoms with van der Waals surface area (Å²) in [5.74, 6) is -1.59. The number of carboxylic acid groups (broad SMARTS) is 1. The van der Waals surface area contributed by atoms with Gasteiger partial charge < -0.3 is 10.4 Å². The molecule has 0 saturated heterocycles. The number of hydrogen-bond donors (Lipinski definition) is 2. The quantitative estimate of drug-likeness (QED) is 0.822. The molecule has 6 heteroatoms. The zero-order chi connectivity index (χ0) is 10.6. The van der Waals surface area contributed by atoms with Crippen LogP contribution in [0.3, 0.4) is 0 Å². The molecule has 76 valence electrons. The molecule has 0 aliphatic carbocycles. The summed E-state index contributed by atoms with van der Waals surface area (Å²) in [7, 11) is 0. The van der Waals surface area contributed by atoms with Gasteiger partial charge in [-0.15, -0.1) is 11.3 Å². The number of carbonyl (C=O) groups excluding carboxylic acids is 1. The van der Waals surface area contributed by atoms with Crippen molar-refractivity contribution in [2.75, 3.05) is 0 Å². The predicted octanol–water partition coefficient (Wildman–Crippen LogP) is 1.60. The minimum absolute atomic E-state index is 0.365. The third kappa shape index (κ3) is 3.47. The molecule has 1 aromatic rings. The van der Waals surface area contributed by atoms with Gasteiger partial charge in [0.25, 0.3) is 0 Å². The lowest BCUT2D eigenvalue weighted by Gasteiger charge is -2.01. The van der Waals surface area contributed by atoms with Crippen molar-refractivity contribution in [1.29, 1.82) is 0 Å². The summed E-state index contributed by atoms with van der Waals surface area (Å²) in [5.41, 5.74) is 0. The third-order valence-corrected chi connectivity index (χ3v) is 3.38. The van der Waals surface area contributed by atoms with E-state index in [4.69, 9.17) is 5.11 Å². The van der Waals surface area contributed by atoms with Crippen molar-refractivity contribution in [3.05, 3.63) is 20.8 Å². The fourth-order valence-electron chi connectivity index (χ4n) is 0.830. The standard InChI is InChI=1S/C8H8BrNO3S/c9-5-1-2-14-6(5)4-10-7(11)3-8(12)13/h1-2H,3-4H2,(H,10,11)(H,12,13). The van der Waals surface area contributed by atoms with E-state index in [1.165, 1.54) is 11.3 Å². The van der Waals surface area contributed by atoms with E-state index >= 15 is 0 Å². The summed E-state index contributed by atoms with van der Waals surface area (Å²) < 4.78 is 0.929. The largest absolute Gasteiger partial charge is 0.481 e. The Morgan fingerprint density at radius 2 is 2.29 bits per heavy atom. The first-order chi connectivity index (χ1) is 6.59. The van der Waals surface area contributed by atoms with Crippen LogP contribution < -0.4 is 5.32 Å². The Labute approximate surface area is 93.1 Å². The topological polar surface area (TPSA) is 66.4 Å². The maximum Gasteiger partial charge on any atom is 0.312 e. The number of carboxylic acids is 1. The van der Waals surface area contributed by atoms with Crippen molar-refractivity contribution < 1.29 is 14.7 Å². The molecule has 0 bridgehead atoms. The van der Waals surface area contributed by atoms with Gasteiger partial charge in [-0.25, -0.2) is 0 Å². The number of thiophene rings is 1. The lowest BCUT2D eigenvalue weighted by Crippen LogP contribution is -2.24.